The number of hydrogen-bond acceptors (Lipinski definition) is 5. The maximum atomic E-state index is 13.7. The molecular formula is C43H59N3O6S. The number of nitrogens with zero attached hydrogens (tertiary/aromatic N) is 1. The number of allylic oxidation sites excluding steroid dienone is 12. The van der Waals surface area contributed by atoms with Crippen molar-refractivity contribution in [2.24, 2.45) is 5.92 Å². The lowest BCUT2D eigenvalue weighted by Gasteiger charge is -2.30. The van der Waals surface area contributed by atoms with Crippen LogP contribution in [0.2, 0.25) is 0 Å². The van der Waals surface area contributed by atoms with Crippen LogP contribution in [0.5, 0.6) is 0 Å². The first-order valence-electron chi connectivity index (χ1n) is 18.5. The predicted molar refractivity (Wildman–Crippen MR) is 217 cm³/mol. The molecule has 2 rings (SSSR count). The number of hydrogen-bond donors (Lipinski definition) is 4. The molecule has 0 unspecified atom stereocenters. The molecule has 2 amide bonds. The Morgan fingerprint density at radius 1 is 0.736 bits per heavy atom. The summed E-state index contributed by atoms with van der Waals surface area (Å²) in [6.07, 6.45) is 29.7. The van der Waals surface area contributed by atoms with E-state index in [0.29, 0.717) is 12.1 Å². The fraction of sp³-hybridized carbons (Fsp3) is 0.395. The van der Waals surface area contributed by atoms with Crippen LogP contribution in [0.25, 0.3) is 0 Å². The maximum absolute atomic E-state index is 13.7. The molecule has 4 N–H and O–H groups in total. The maximum Gasteiger partial charge on any atom is 0.404 e. The summed E-state index contributed by atoms with van der Waals surface area (Å²) in [7, 11) is -4.05. The van der Waals surface area contributed by atoms with Crippen molar-refractivity contribution in [3.05, 3.63) is 133 Å². The molecular weight excluding hydrogens is 687 g/mol. The third-order valence-corrected chi connectivity index (χ3v) is 9.79. The zero-order chi connectivity index (χ0) is 38.7. The van der Waals surface area contributed by atoms with Gasteiger partial charge in [0.25, 0.3) is 0 Å². The van der Waals surface area contributed by atoms with Crippen LogP contribution >= 0.6 is 0 Å². The smallest absolute Gasteiger partial charge is 0.404 e. The Balaban J connectivity index is 1.80. The molecule has 0 aliphatic rings. The largest absolute Gasteiger partial charge is 0.465 e. The van der Waals surface area contributed by atoms with E-state index >= 15 is 0 Å². The van der Waals surface area contributed by atoms with Crippen molar-refractivity contribution in [3.8, 4) is 0 Å². The first-order valence-corrected chi connectivity index (χ1v) is 20.0. The minimum Gasteiger partial charge on any atom is -0.465 e. The Morgan fingerprint density at radius 2 is 1.25 bits per heavy atom. The van der Waals surface area contributed by atoms with E-state index in [-0.39, 0.29) is 42.7 Å². The van der Waals surface area contributed by atoms with Gasteiger partial charge in [-0.3, -0.25) is 4.79 Å². The van der Waals surface area contributed by atoms with Crippen LogP contribution in [-0.4, -0.2) is 60.2 Å². The fourth-order valence-electron chi connectivity index (χ4n) is 5.26. The topological polar surface area (TPSA) is 136 Å². The summed E-state index contributed by atoms with van der Waals surface area (Å²) >= 11 is 0. The van der Waals surface area contributed by atoms with Gasteiger partial charge in [-0.05, 0) is 87.1 Å². The summed E-state index contributed by atoms with van der Waals surface area (Å²) in [5, 5.41) is 25.6. The Bertz CT molecular complexity index is 1630. The summed E-state index contributed by atoms with van der Waals surface area (Å²) in [4.78, 5) is 24.0. The molecule has 2 atom stereocenters. The highest BCUT2D eigenvalue weighted by molar-refractivity contribution is 7.89. The monoisotopic (exact) mass is 745 g/mol. The quantitative estimate of drug-likeness (QED) is 0.0750. The van der Waals surface area contributed by atoms with Crippen LogP contribution in [0.3, 0.4) is 0 Å². The number of benzene rings is 2. The van der Waals surface area contributed by atoms with Crippen molar-refractivity contribution in [1.29, 1.82) is 0 Å². The summed E-state index contributed by atoms with van der Waals surface area (Å²) in [6.45, 7) is 5.69. The lowest BCUT2D eigenvalue weighted by atomic mass is 10.0. The Kier molecular flexibility index (Phi) is 22.1. The molecule has 10 heteroatoms. The fourth-order valence-corrected chi connectivity index (χ4v) is 6.88. The number of carbonyl (C=O) groups excluding carboxylic acids is 1. The average molecular weight is 746 g/mol. The Hall–Kier alpha value is -4.51. The predicted octanol–water partition coefficient (Wildman–Crippen LogP) is 8.99. The molecule has 0 bridgehead atoms. The molecule has 2 aromatic carbocycles. The lowest BCUT2D eigenvalue weighted by Crippen LogP contribution is -2.50. The number of nitrogens with one attached hydrogen (secondary N) is 2. The van der Waals surface area contributed by atoms with E-state index in [4.69, 9.17) is 0 Å². The second kappa shape index (κ2) is 26.3. The molecule has 0 heterocycles. The third-order valence-electron chi connectivity index (χ3n) is 7.94. The molecule has 0 aliphatic heterocycles. The standard InChI is InChI=1S/C43H59N3O6S/c1-4-5-6-7-8-9-10-11-12-13-14-15-16-17-18-19-20-21-25-28-42(48)44-38-29-31-39(32-30-38)53(51,52)46(34-36(2)3)35-41(47)40(45-43(49)50)33-37-26-23-22-24-27-37/h5-6,8-9,11-12,14-15,17-18,20-24,26-27,29-32,36,40-41,45,47H,4,7,10,13,16,19,25,28,33-35H2,1-3H3,(H,44,48)(H,49,50)/t40-,41+/m0/s1. The van der Waals surface area contributed by atoms with Gasteiger partial charge in [-0.1, -0.05) is 124 Å². The van der Waals surface area contributed by atoms with Crippen LogP contribution < -0.4 is 10.6 Å². The second-order valence-electron chi connectivity index (χ2n) is 13.1. The molecule has 0 aromatic heterocycles. The molecule has 9 nitrogen and oxygen atoms in total. The number of aliphatic hydroxyl groups is 1. The van der Waals surface area contributed by atoms with Crippen LogP contribution in [0, 0.1) is 5.92 Å². The van der Waals surface area contributed by atoms with Gasteiger partial charge in [-0.2, -0.15) is 4.31 Å². The van der Waals surface area contributed by atoms with Crippen LogP contribution in [0.4, 0.5) is 10.5 Å². The molecule has 0 radical (unpaired) electrons. The van der Waals surface area contributed by atoms with Gasteiger partial charge in [0.05, 0.1) is 17.0 Å². The number of carbonyl (C=O) groups is 2. The lowest BCUT2D eigenvalue weighted by molar-refractivity contribution is -0.116. The van der Waals surface area contributed by atoms with E-state index < -0.39 is 28.3 Å². The van der Waals surface area contributed by atoms with E-state index in [1.807, 2.05) is 56.3 Å². The first kappa shape index (κ1) is 44.7. The number of sulfonamides is 1. The number of amides is 2. The molecule has 0 saturated carbocycles. The Morgan fingerprint density at radius 3 is 1.74 bits per heavy atom. The van der Waals surface area contributed by atoms with Crippen LogP contribution in [0.15, 0.2) is 132 Å². The highest BCUT2D eigenvalue weighted by Crippen LogP contribution is 2.21. The molecule has 53 heavy (non-hydrogen) atoms. The number of aliphatic hydroxyl groups excluding tert-OH is 1. The number of rotatable bonds is 25. The zero-order valence-electron chi connectivity index (χ0n) is 31.5. The van der Waals surface area contributed by atoms with Crippen LogP contribution in [0.1, 0.15) is 77.7 Å². The SMILES string of the molecule is CCC=CCC=CCC=CCC=CCC=CCC=CCCC(=O)Nc1ccc(S(=O)(=O)N(CC(C)C)C[C@@H](O)[C@H](Cc2ccccc2)NC(=O)O)cc1. The van der Waals surface area contributed by atoms with Gasteiger partial charge < -0.3 is 20.8 Å². The van der Waals surface area contributed by atoms with E-state index in [9.17, 15) is 28.2 Å². The van der Waals surface area contributed by atoms with Gasteiger partial charge in [-0.15, -0.1) is 0 Å². The number of anilines is 1. The summed E-state index contributed by atoms with van der Waals surface area (Å²) < 4.78 is 28.6. The van der Waals surface area contributed by atoms with Gasteiger partial charge >= 0.3 is 6.09 Å². The van der Waals surface area contributed by atoms with E-state index in [0.717, 1.165) is 44.1 Å². The molecule has 0 spiro atoms. The minimum absolute atomic E-state index is 0.00660. The van der Waals surface area contributed by atoms with Crippen molar-refractivity contribution < 1.29 is 28.2 Å². The normalized spacial score (nSPS) is 13.8. The van der Waals surface area contributed by atoms with Crippen molar-refractivity contribution in [2.75, 3.05) is 18.4 Å². The molecule has 0 saturated heterocycles. The van der Waals surface area contributed by atoms with Gasteiger partial charge in [0.2, 0.25) is 15.9 Å². The third kappa shape index (κ3) is 19.8. The zero-order valence-corrected chi connectivity index (χ0v) is 32.3. The first-order chi connectivity index (χ1) is 25.5. The van der Waals surface area contributed by atoms with E-state index in [2.05, 4.69) is 78.3 Å². The summed E-state index contributed by atoms with van der Waals surface area (Å²) in [6, 6.07) is 14.1. The summed E-state index contributed by atoms with van der Waals surface area (Å²) in [5.74, 6) is -0.239. The molecule has 0 aliphatic carbocycles. The van der Waals surface area contributed by atoms with Crippen molar-refractivity contribution in [1.82, 2.24) is 9.62 Å². The Labute approximate surface area is 317 Å². The summed E-state index contributed by atoms with van der Waals surface area (Å²) in [5.41, 5.74) is 1.28. The highest BCUT2D eigenvalue weighted by atomic mass is 32.2. The van der Waals surface area contributed by atoms with Crippen molar-refractivity contribution >= 4 is 27.7 Å². The number of carboxylic acid groups (broad SMARTS) is 1. The van der Waals surface area contributed by atoms with E-state index in [1.54, 1.807) is 0 Å². The molecule has 288 valence electrons. The van der Waals surface area contributed by atoms with Gasteiger partial charge in [0.15, 0.2) is 0 Å². The van der Waals surface area contributed by atoms with Crippen molar-refractivity contribution in [3.63, 3.8) is 0 Å². The average Bonchev–Trinajstić information content (AvgIpc) is 3.12. The molecule has 2 aromatic rings. The minimum atomic E-state index is -4.05. The van der Waals surface area contributed by atoms with Gasteiger partial charge in [0.1, 0.15) is 0 Å². The van der Waals surface area contributed by atoms with E-state index in [1.165, 1.54) is 28.6 Å². The molecule has 0 fully saturated rings. The van der Waals surface area contributed by atoms with Gasteiger partial charge in [-0.25, -0.2) is 13.2 Å². The van der Waals surface area contributed by atoms with Gasteiger partial charge in [0, 0.05) is 25.2 Å². The van der Waals surface area contributed by atoms with Crippen LogP contribution in [-0.2, 0) is 21.2 Å². The highest BCUT2D eigenvalue weighted by Gasteiger charge is 2.31. The second-order valence-corrected chi connectivity index (χ2v) is 15.0. The van der Waals surface area contributed by atoms with Crippen molar-refractivity contribution in [2.45, 2.75) is 95.6 Å².